The van der Waals surface area contributed by atoms with E-state index in [-0.39, 0.29) is 17.9 Å². The van der Waals surface area contributed by atoms with E-state index in [9.17, 15) is 9.59 Å². The Bertz CT molecular complexity index is 1190. The zero-order valence-corrected chi connectivity index (χ0v) is 21.1. The van der Waals surface area contributed by atoms with Crippen molar-refractivity contribution in [2.75, 3.05) is 38.5 Å². The minimum Gasteiger partial charge on any atom is -0.491 e. The Morgan fingerprint density at radius 1 is 0.833 bits per heavy atom. The maximum Gasteiger partial charge on any atom is 0.256 e. The maximum absolute atomic E-state index is 13.3. The molecule has 0 radical (unpaired) electrons. The number of carbonyl (C=O) groups excluding carboxylic acids is 2. The molecule has 1 saturated heterocycles. The standard InChI is InChI=1S/C30H33N3O3/c1-22(2)36-27-15-9-23(10-16-27)21-28(24-7-5-4-6-8-24)29(34)31-26-13-11-25(12-14-26)30(35)33-19-17-32(3)18-20-33/h4-16,21-22H,17-20H2,1-3H3,(H,31,34)/b28-21+. The second kappa shape index (κ2) is 11.7. The number of nitrogens with one attached hydrogen (secondary N) is 1. The quantitative estimate of drug-likeness (QED) is 0.378. The Labute approximate surface area is 213 Å². The number of benzene rings is 3. The molecule has 0 spiro atoms. The third-order valence-corrected chi connectivity index (χ3v) is 6.07. The summed E-state index contributed by atoms with van der Waals surface area (Å²) in [6.45, 7) is 7.18. The van der Waals surface area contributed by atoms with Gasteiger partial charge in [-0.05, 0) is 74.5 Å². The summed E-state index contributed by atoms with van der Waals surface area (Å²) in [5.74, 6) is 0.594. The number of piperazine rings is 1. The van der Waals surface area contributed by atoms with Crippen LogP contribution in [0.5, 0.6) is 5.75 Å². The Morgan fingerprint density at radius 2 is 1.47 bits per heavy atom. The van der Waals surface area contributed by atoms with Gasteiger partial charge in [-0.1, -0.05) is 42.5 Å². The third kappa shape index (κ3) is 6.61. The Morgan fingerprint density at radius 3 is 2.08 bits per heavy atom. The molecule has 3 aromatic carbocycles. The zero-order valence-electron chi connectivity index (χ0n) is 21.1. The van der Waals surface area contributed by atoms with E-state index in [1.165, 1.54) is 0 Å². The van der Waals surface area contributed by atoms with Gasteiger partial charge in [0.15, 0.2) is 0 Å². The molecule has 4 rings (SSSR count). The Balaban J connectivity index is 1.50. The summed E-state index contributed by atoms with van der Waals surface area (Å²) in [5.41, 5.74) is 3.52. The molecular formula is C30H33N3O3. The topological polar surface area (TPSA) is 61.9 Å². The van der Waals surface area contributed by atoms with E-state index in [1.807, 2.05) is 79.4 Å². The average Bonchev–Trinajstić information content (AvgIpc) is 2.89. The first-order chi connectivity index (χ1) is 17.4. The number of nitrogens with zero attached hydrogens (tertiary/aromatic N) is 2. The van der Waals surface area contributed by atoms with Crippen molar-refractivity contribution < 1.29 is 14.3 Å². The van der Waals surface area contributed by atoms with Gasteiger partial charge >= 0.3 is 0 Å². The van der Waals surface area contributed by atoms with Crippen LogP contribution in [-0.4, -0.2) is 60.9 Å². The summed E-state index contributed by atoms with van der Waals surface area (Å²) >= 11 is 0. The highest BCUT2D eigenvalue weighted by Crippen LogP contribution is 2.23. The summed E-state index contributed by atoms with van der Waals surface area (Å²) in [7, 11) is 2.06. The molecule has 6 heteroatoms. The lowest BCUT2D eigenvalue weighted by Gasteiger charge is -2.32. The molecule has 2 amide bonds. The fraction of sp³-hybridized carbons (Fsp3) is 0.267. The van der Waals surface area contributed by atoms with Crippen LogP contribution >= 0.6 is 0 Å². The van der Waals surface area contributed by atoms with Gasteiger partial charge < -0.3 is 19.9 Å². The van der Waals surface area contributed by atoms with E-state index < -0.39 is 0 Å². The van der Waals surface area contributed by atoms with Crippen molar-refractivity contribution in [1.82, 2.24) is 9.80 Å². The fourth-order valence-corrected chi connectivity index (χ4v) is 4.07. The Hall–Kier alpha value is -3.90. The second-order valence-corrected chi connectivity index (χ2v) is 9.29. The largest absolute Gasteiger partial charge is 0.491 e. The van der Waals surface area contributed by atoms with Gasteiger partial charge in [-0.15, -0.1) is 0 Å². The van der Waals surface area contributed by atoms with Crippen LogP contribution < -0.4 is 10.1 Å². The SMILES string of the molecule is CC(C)Oc1ccc(/C=C(/C(=O)Nc2ccc(C(=O)N3CCN(C)CC3)cc2)c2ccccc2)cc1. The summed E-state index contributed by atoms with van der Waals surface area (Å²) in [6.07, 6.45) is 1.97. The molecule has 1 fully saturated rings. The number of ether oxygens (including phenoxy) is 1. The first kappa shape index (κ1) is 25.2. The lowest BCUT2D eigenvalue weighted by atomic mass is 10.0. The van der Waals surface area contributed by atoms with E-state index in [4.69, 9.17) is 4.74 Å². The zero-order chi connectivity index (χ0) is 25.5. The van der Waals surface area contributed by atoms with Gasteiger partial charge in [-0.2, -0.15) is 0 Å². The third-order valence-electron chi connectivity index (χ3n) is 6.07. The van der Waals surface area contributed by atoms with Crippen LogP contribution in [0.15, 0.2) is 78.9 Å². The smallest absolute Gasteiger partial charge is 0.256 e. The van der Waals surface area contributed by atoms with Crippen LogP contribution in [0.1, 0.15) is 35.3 Å². The lowest BCUT2D eigenvalue weighted by Crippen LogP contribution is -2.47. The highest BCUT2D eigenvalue weighted by atomic mass is 16.5. The molecule has 0 saturated carbocycles. The monoisotopic (exact) mass is 483 g/mol. The molecule has 6 nitrogen and oxygen atoms in total. The average molecular weight is 484 g/mol. The lowest BCUT2D eigenvalue weighted by molar-refractivity contribution is -0.111. The van der Waals surface area contributed by atoms with Gasteiger partial charge in [0.1, 0.15) is 5.75 Å². The fourth-order valence-electron chi connectivity index (χ4n) is 4.07. The van der Waals surface area contributed by atoms with Crippen molar-refractivity contribution >= 4 is 29.2 Å². The van der Waals surface area contributed by atoms with E-state index in [1.54, 1.807) is 24.3 Å². The van der Waals surface area contributed by atoms with Gasteiger partial charge in [0, 0.05) is 43.0 Å². The number of hydrogen-bond donors (Lipinski definition) is 1. The molecule has 36 heavy (non-hydrogen) atoms. The van der Waals surface area contributed by atoms with Crippen molar-refractivity contribution in [1.29, 1.82) is 0 Å². The van der Waals surface area contributed by atoms with Crippen LogP contribution in [0.25, 0.3) is 11.6 Å². The first-order valence-corrected chi connectivity index (χ1v) is 12.3. The molecule has 0 atom stereocenters. The van der Waals surface area contributed by atoms with E-state index in [2.05, 4.69) is 17.3 Å². The van der Waals surface area contributed by atoms with Crippen molar-refractivity contribution in [2.24, 2.45) is 0 Å². The Kier molecular flexibility index (Phi) is 8.18. The minimum atomic E-state index is -0.221. The van der Waals surface area contributed by atoms with Gasteiger partial charge in [0.25, 0.3) is 11.8 Å². The van der Waals surface area contributed by atoms with Gasteiger partial charge in [0.2, 0.25) is 0 Å². The molecule has 1 aliphatic rings. The molecule has 1 aliphatic heterocycles. The molecule has 1 N–H and O–H groups in total. The molecule has 0 bridgehead atoms. The number of likely N-dealkylation sites (N-methyl/N-ethyl adjacent to an activating group) is 1. The predicted molar refractivity (Wildman–Crippen MR) is 145 cm³/mol. The van der Waals surface area contributed by atoms with Crippen molar-refractivity contribution in [3.8, 4) is 5.75 Å². The van der Waals surface area contributed by atoms with Crippen molar-refractivity contribution in [3.63, 3.8) is 0 Å². The van der Waals surface area contributed by atoms with Crippen molar-refractivity contribution in [3.05, 3.63) is 95.6 Å². The summed E-state index contributed by atoms with van der Waals surface area (Å²) in [5, 5.41) is 2.99. The van der Waals surface area contributed by atoms with Crippen LogP contribution in [-0.2, 0) is 4.79 Å². The molecule has 0 aliphatic carbocycles. The highest BCUT2D eigenvalue weighted by molar-refractivity contribution is 6.29. The number of anilines is 1. The van der Waals surface area contributed by atoms with Crippen LogP contribution in [0.4, 0.5) is 5.69 Å². The van der Waals surface area contributed by atoms with E-state index >= 15 is 0 Å². The molecule has 3 aromatic rings. The molecular weight excluding hydrogens is 450 g/mol. The summed E-state index contributed by atoms with van der Waals surface area (Å²) in [4.78, 5) is 30.3. The number of carbonyl (C=O) groups is 2. The van der Waals surface area contributed by atoms with Crippen LogP contribution in [0.3, 0.4) is 0 Å². The molecule has 0 unspecified atom stereocenters. The highest BCUT2D eigenvalue weighted by Gasteiger charge is 2.20. The molecule has 1 heterocycles. The number of hydrogen-bond acceptors (Lipinski definition) is 4. The van der Waals surface area contributed by atoms with Gasteiger partial charge in [-0.25, -0.2) is 0 Å². The number of amides is 2. The van der Waals surface area contributed by atoms with Crippen LogP contribution in [0, 0.1) is 0 Å². The van der Waals surface area contributed by atoms with E-state index in [0.29, 0.717) is 16.8 Å². The van der Waals surface area contributed by atoms with Crippen molar-refractivity contribution in [2.45, 2.75) is 20.0 Å². The second-order valence-electron chi connectivity index (χ2n) is 9.29. The molecule has 186 valence electrons. The first-order valence-electron chi connectivity index (χ1n) is 12.3. The maximum atomic E-state index is 13.3. The minimum absolute atomic E-state index is 0.0238. The molecule has 0 aromatic heterocycles. The number of rotatable bonds is 7. The predicted octanol–water partition coefficient (Wildman–Crippen LogP) is 5.04. The summed E-state index contributed by atoms with van der Waals surface area (Å²) < 4.78 is 5.73. The van der Waals surface area contributed by atoms with E-state index in [0.717, 1.165) is 43.1 Å². The van der Waals surface area contributed by atoms with Crippen LogP contribution in [0.2, 0.25) is 0 Å². The normalized spacial score (nSPS) is 14.6. The van der Waals surface area contributed by atoms with Gasteiger partial charge in [-0.3, -0.25) is 9.59 Å². The summed E-state index contributed by atoms with van der Waals surface area (Å²) in [6, 6.07) is 24.4. The van der Waals surface area contributed by atoms with Gasteiger partial charge in [0.05, 0.1) is 6.10 Å².